The van der Waals surface area contributed by atoms with Crippen molar-refractivity contribution in [3.05, 3.63) is 41.0 Å². The number of rotatable bonds is 5. The van der Waals surface area contributed by atoms with Crippen LogP contribution >= 0.6 is 22.7 Å². The molecule has 0 amide bonds. The zero-order valence-corrected chi connectivity index (χ0v) is 14.9. The summed E-state index contributed by atoms with van der Waals surface area (Å²) in [5.41, 5.74) is 3.13. The molecule has 4 rings (SSSR count). The summed E-state index contributed by atoms with van der Waals surface area (Å²) in [5.74, 6) is 0. The number of nitrogens with one attached hydrogen (secondary N) is 1. The van der Waals surface area contributed by atoms with E-state index in [0.717, 1.165) is 33.8 Å². The van der Waals surface area contributed by atoms with E-state index in [9.17, 15) is 0 Å². The monoisotopic (exact) mass is 357 g/mol. The number of aromatic nitrogens is 3. The van der Waals surface area contributed by atoms with Crippen molar-refractivity contribution in [1.82, 2.24) is 19.9 Å². The molecule has 4 heterocycles. The van der Waals surface area contributed by atoms with Crippen LogP contribution in [0.2, 0.25) is 0 Å². The van der Waals surface area contributed by atoms with Crippen LogP contribution < -0.4 is 5.32 Å². The molecule has 5 nitrogen and oxygen atoms in total. The third-order valence-electron chi connectivity index (χ3n) is 4.06. The van der Waals surface area contributed by atoms with Gasteiger partial charge in [0.05, 0.1) is 11.4 Å². The average Bonchev–Trinajstić information content (AvgIpc) is 3.27. The van der Waals surface area contributed by atoms with Crippen LogP contribution in [0.1, 0.15) is 25.0 Å². The Labute approximate surface area is 149 Å². The minimum Gasteiger partial charge on any atom is -0.307 e. The van der Waals surface area contributed by atoms with Gasteiger partial charge in [0.25, 0.3) is 0 Å². The second-order valence-electron chi connectivity index (χ2n) is 5.89. The van der Waals surface area contributed by atoms with Crippen LogP contribution in [0, 0.1) is 0 Å². The van der Waals surface area contributed by atoms with Crippen LogP contribution in [-0.2, 0) is 6.54 Å². The van der Waals surface area contributed by atoms with E-state index >= 15 is 0 Å². The Kier molecular flexibility index (Phi) is 4.82. The van der Waals surface area contributed by atoms with Gasteiger partial charge in [-0.05, 0) is 38.1 Å². The lowest BCUT2D eigenvalue weighted by molar-refractivity contribution is 0.219. The van der Waals surface area contributed by atoms with Gasteiger partial charge in [-0.2, -0.15) is 0 Å². The van der Waals surface area contributed by atoms with Crippen LogP contribution in [-0.4, -0.2) is 32.9 Å². The van der Waals surface area contributed by atoms with E-state index in [4.69, 9.17) is 4.98 Å². The number of anilines is 2. The lowest BCUT2D eigenvalue weighted by Gasteiger charge is -2.25. The van der Waals surface area contributed by atoms with E-state index < -0.39 is 0 Å². The maximum Gasteiger partial charge on any atom is 0.189 e. The number of thiazole rings is 2. The summed E-state index contributed by atoms with van der Waals surface area (Å²) in [6.07, 6.45) is 7.59. The molecule has 0 atom stereocenters. The van der Waals surface area contributed by atoms with E-state index in [0.29, 0.717) is 0 Å². The molecule has 3 aromatic rings. The quantitative estimate of drug-likeness (QED) is 0.734. The van der Waals surface area contributed by atoms with Gasteiger partial charge in [0.15, 0.2) is 10.3 Å². The van der Waals surface area contributed by atoms with Crippen molar-refractivity contribution >= 4 is 32.9 Å². The Morgan fingerprint density at radius 2 is 1.88 bits per heavy atom. The van der Waals surface area contributed by atoms with Crippen molar-refractivity contribution < 1.29 is 0 Å². The normalized spacial score (nSPS) is 15.5. The van der Waals surface area contributed by atoms with Gasteiger partial charge in [0.2, 0.25) is 0 Å². The molecule has 0 radical (unpaired) electrons. The molecule has 0 saturated carbocycles. The van der Waals surface area contributed by atoms with Gasteiger partial charge < -0.3 is 5.32 Å². The van der Waals surface area contributed by atoms with Gasteiger partial charge >= 0.3 is 0 Å². The van der Waals surface area contributed by atoms with Crippen LogP contribution in [0.5, 0.6) is 0 Å². The van der Waals surface area contributed by atoms with Crippen LogP contribution in [0.15, 0.2) is 35.3 Å². The maximum absolute atomic E-state index is 4.70. The summed E-state index contributed by atoms with van der Waals surface area (Å²) in [5, 5.41) is 9.30. The Morgan fingerprint density at radius 3 is 2.71 bits per heavy atom. The molecule has 1 aliphatic rings. The fourth-order valence-corrected chi connectivity index (χ4v) is 4.34. The van der Waals surface area contributed by atoms with E-state index in [-0.39, 0.29) is 0 Å². The van der Waals surface area contributed by atoms with E-state index in [2.05, 4.69) is 25.6 Å². The lowest BCUT2D eigenvalue weighted by Crippen LogP contribution is -2.29. The molecule has 0 bridgehead atoms. The summed E-state index contributed by atoms with van der Waals surface area (Å²) < 4.78 is 0. The molecule has 7 heteroatoms. The fraction of sp³-hybridized carbons (Fsp3) is 0.353. The number of hydrogen-bond donors (Lipinski definition) is 1. The Balaban J connectivity index is 1.40. The van der Waals surface area contributed by atoms with Crippen LogP contribution in [0.25, 0.3) is 11.3 Å². The van der Waals surface area contributed by atoms with E-state index in [1.807, 2.05) is 23.7 Å². The first kappa shape index (κ1) is 15.7. The van der Waals surface area contributed by atoms with Crippen molar-refractivity contribution in [1.29, 1.82) is 0 Å². The van der Waals surface area contributed by atoms with Gasteiger partial charge in [0.1, 0.15) is 0 Å². The van der Waals surface area contributed by atoms with Gasteiger partial charge in [0, 0.05) is 35.3 Å². The summed E-state index contributed by atoms with van der Waals surface area (Å²) in [7, 11) is 0. The van der Waals surface area contributed by atoms with Crippen molar-refractivity contribution in [3.63, 3.8) is 0 Å². The summed E-state index contributed by atoms with van der Waals surface area (Å²) in [6, 6.07) is 3.95. The zero-order chi connectivity index (χ0) is 16.2. The molecule has 1 fully saturated rings. The molecule has 0 unspecified atom stereocenters. The SMILES string of the molecule is c1cncc(-c2csc(Nc3nc(CN4CCCCC4)cs3)n2)c1. The van der Waals surface area contributed by atoms with Crippen molar-refractivity contribution in [2.75, 3.05) is 18.4 Å². The molecular formula is C17H19N5S2. The minimum atomic E-state index is 0.868. The Hall–Kier alpha value is -1.83. The highest BCUT2D eigenvalue weighted by atomic mass is 32.1. The third-order valence-corrected chi connectivity index (χ3v) is 5.63. The summed E-state index contributed by atoms with van der Waals surface area (Å²) in [6.45, 7) is 3.35. The number of piperidine rings is 1. The molecule has 0 aliphatic carbocycles. The topological polar surface area (TPSA) is 53.9 Å². The van der Waals surface area contributed by atoms with Crippen molar-refractivity contribution in [3.8, 4) is 11.3 Å². The number of nitrogens with zero attached hydrogens (tertiary/aromatic N) is 4. The van der Waals surface area contributed by atoms with Crippen molar-refractivity contribution in [2.45, 2.75) is 25.8 Å². The van der Waals surface area contributed by atoms with Crippen molar-refractivity contribution in [2.24, 2.45) is 0 Å². The second-order valence-corrected chi connectivity index (χ2v) is 7.60. The van der Waals surface area contributed by atoms with Crippen LogP contribution in [0.4, 0.5) is 10.3 Å². The van der Waals surface area contributed by atoms with Crippen LogP contribution in [0.3, 0.4) is 0 Å². The molecule has 1 aliphatic heterocycles. The molecule has 3 aromatic heterocycles. The second kappa shape index (κ2) is 7.38. The number of likely N-dealkylation sites (tertiary alicyclic amines) is 1. The third kappa shape index (κ3) is 3.80. The summed E-state index contributed by atoms with van der Waals surface area (Å²) >= 11 is 3.23. The highest BCUT2D eigenvalue weighted by Crippen LogP contribution is 2.28. The average molecular weight is 358 g/mol. The smallest absolute Gasteiger partial charge is 0.189 e. The maximum atomic E-state index is 4.70. The molecule has 1 saturated heterocycles. The van der Waals surface area contributed by atoms with E-state index in [1.165, 1.54) is 32.4 Å². The van der Waals surface area contributed by atoms with Gasteiger partial charge in [-0.1, -0.05) is 6.42 Å². The highest BCUT2D eigenvalue weighted by molar-refractivity contribution is 7.16. The van der Waals surface area contributed by atoms with Gasteiger partial charge in [-0.25, -0.2) is 9.97 Å². The molecule has 1 N–H and O–H groups in total. The zero-order valence-electron chi connectivity index (χ0n) is 13.3. The number of pyridine rings is 1. The Bertz CT molecular complexity index is 777. The standard InChI is InChI=1S/C17H19N5S2/c1-2-7-22(8-3-1)10-14-11-23-16(19-14)21-17-20-15(12-24-17)13-5-4-6-18-9-13/h4-6,9,11-12H,1-3,7-8,10H2,(H,19,20,21). The van der Waals surface area contributed by atoms with Gasteiger partial charge in [-0.15, -0.1) is 22.7 Å². The Morgan fingerprint density at radius 1 is 1.04 bits per heavy atom. The molecule has 0 spiro atoms. The highest BCUT2D eigenvalue weighted by Gasteiger charge is 2.13. The minimum absolute atomic E-state index is 0.868. The molecule has 0 aromatic carbocycles. The first-order chi connectivity index (χ1) is 11.9. The fourth-order valence-electron chi connectivity index (χ4n) is 2.85. The van der Waals surface area contributed by atoms with Gasteiger partial charge in [-0.3, -0.25) is 9.88 Å². The predicted octanol–water partition coefficient (Wildman–Crippen LogP) is 4.39. The lowest BCUT2D eigenvalue weighted by atomic mass is 10.1. The number of hydrogen-bond acceptors (Lipinski definition) is 7. The molecular weight excluding hydrogens is 338 g/mol. The van der Waals surface area contributed by atoms with E-state index in [1.54, 1.807) is 28.9 Å². The molecule has 124 valence electrons. The summed E-state index contributed by atoms with van der Waals surface area (Å²) in [4.78, 5) is 16.0. The first-order valence-electron chi connectivity index (χ1n) is 8.16. The largest absolute Gasteiger partial charge is 0.307 e. The predicted molar refractivity (Wildman–Crippen MR) is 99.9 cm³/mol. The first-order valence-corrected chi connectivity index (χ1v) is 9.92. The molecule has 24 heavy (non-hydrogen) atoms.